The summed E-state index contributed by atoms with van der Waals surface area (Å²) < 4.78 is 4.96. The van der Waals surface area contributed by atoms with Crippen LogP contribution in [-0.2, 0) is 4.74 Å². The second-order valence-corrected chi connectivity index (χ2v) is 5.12. The molecule has 0 amide bonds. The average molecular weight is 325 g/mol. The number of carbonyl (C=O) groups excluding carboxylic acids is 1. The molecule has 0 atom stereocenters. The van der Waals surface area contributed by atoms with Crippen molar-refractivity contribution in [2.75, 3.05) is 17.7 Å². The van der Waals surface area contributed by atoms with Gasteiger partial charge in [0.1, 0.15) is 0 Å². The molecule has 0 aromatic heterocycles. The van der Waals surface area contributed by atoms with Crippen LogP contribution in [0.3, 0.4) is 0 Å². The first kappa shape index (κ1) is 15.5. The van der Waals surface area contributed by atoms with Crippen molar-refractivity contribution in [2.24, 2.45) is 0 Å². The largest absolute Gasteiger partial charge is 0.462 e. The molecule has 0 aliphatic rings. The number of rotatable bonds is 4. The highest BCUT2D eigenvalue weighted by molar-refractivity contribution is 6.36. The molecule has 0 saturated carbocycles. The SMILES string of the molecule is CCOC(=O)c1ccc(N)c(Nc2ccc(Cl)cc2Cl)c1. The zero-order valence-corrected chi connectivity index (χ0v) is 12.8. The molecule has 3 N–H and O–H groups in total. The summed E-state index contributed by atoms with van der Waals surface area (Å²) in [7, 11) is 0. The van der Waals surface area contributed by atoms with Crippen LogP contribution in [0.5, 0.6) is 0 Å². The van der Waals surface area contributed by atoms with Gasteiger partial charge in [-0.2, -0.15) is 0 Å². The molecule has 0 heterocycles. The Morgan fingerprint density at radius 2 is 1.95 bits per heavy atom. The van der Waals surface area contributed by atoms with E-state index in [0.29, 0.717) is 39.3 Å². The fourth-order valence-corrected chi connectivity index (χ4v) is 2.20. The average Bonchev–Trinajstić information content (AvgIpc) is 2.44. The number of nitrogens with two attached hydrogens (primary N) is 1. The van der Waals surface area contributed by atoms with Crippen molar-refractivity contribution in [1.82, 2.24) is 0 Å². The standard InChI is InChI=1S/C15H14Cl2N2O2/c1-2-21-15(20)9-3-5-12(18)14(7-9)19-13-6-4-10(16)8-11(13)17/h3-8,19H,2,18H2,1H3. The van der Waals surface area contributed by atoms with Crippen LogP contribution in [0.2, 0.25) is 10.0 Å². The zero-order valence-electron chi connectivity index (χ0n) is 11.3. The molecular formula is C15H14Cl2N2O2. The van der Waals surface area contributed by atoms with Gasteiger partial charge in [0.2, 0.25) is 0 Å². The third-order valence-corrected chi connectivity index (χ3v) is 3.31. The van der Waals surface area contributed by atoms with Gasteiger partial charge < -0.3 is 15.8 Å². The number of ether oxygens (including phenoxy) is 1. The predicted octanol–water partition coefficient (Wildman–Crippen LogP) is 4.50. The summed E-state index contributed by atoms with van der Waals surface area (Å²) in [4.78, 5) is 11.7. The Labute approximate surface area is 132 Å². The Kier molecular flexibility index (Phi) is 4.94. The highest BCUT2D eigenvalue weighted by Crippen LogP contribution is 2.31. The number of esters is 1. The van der Waals surface area contributed by atoms with Crippen molar-refractivity contribution in [3.8, 4) is 0 Å². The molecular weight excluding hydrogens is 311 g/mol. The minimum absolute atomic E-state index is 0.314. The van der Waals surface area contributed by atoms with Crippen LogP contribution in [0, 0.1) is 0 Å². The first-order valence-corrected chi connectivity index (χ1v) is 7.05. The lowest BCUT2D eigenvalue weighted by Crippen LogP contribution is -2.06. The van der Waals surface area contributed by atoms with Crippen molar-refractivity contribution in [2.45, 2.75) is 6.92 Å². The Morgan fingerprint density at radius 3 is 2.62 bits per heavy atom. The minimum atomic E-state index is -0.400. The Morgan fingerprint density at radius 1 is 1.19 bits per heavy atom. The number of anilines is 3. The van der Waals surface area contributed by atoms with E-state index >= 15 is 0 Å². The van der Waals surface area contributed by atoms with Gasteiger partial charge in [0, 0.05) is 5.02 Å². The van der Waals surface area contributed by atoms with Crippen LogP contribution >= 0.6 is 23.2 Å². The van der Waals surface area contributed by atoms with E-state index in [1.807, 2.05) is 0 Å². The number of carbonyl (C=O) groups is 1. The second kappa shape index (κ2) is 6.70. The molecule has 0 saturated heterocycles. The van der Waals surface area contributed by atoms with E-state index < -0.39 is 5.97 Å². The third-order valence-electron chi connectivity index (χ3n) is 2.76. The molecule has 0 bridgehead atoms. The molecule has 21 heavy (non-hydrogen) atoms. The van der Waals surface area contributed by atoms with E-state index in [4.69, 9.17) is 33.7 Å². The maximum Gasteiger partial charge on any atom is 0.338 e. The van der Waals surface area contributed by atoms with Crippen molar-refractivity contribution in [3.05, 3.63) is 52.0 Å². The Balaban J connectivity index is 2.30. The fourth-order valence-electron chi connectivity index (χ4n) is 1.74. The van der Waals surface area contributed by atoms with Crippen LogP contribution in [0.4, 0.5) is 17.1 Å². The van der Waals surface area contributed by atoms with Gasteiger partial charge in [-0.1, -0.05) is 23.2 Å². The lowest BCUT2D eigenvalue weighted by atomic mass is 10.1. The number of nitrogen functional groups attached to an aromatic ring is 1. The molecule has 4 nitrogen and oxygen atoms in total. The molecule has 0 aliphatic carbocycles. The van der Waals surface area contributed by atoms with Crippen LogP contribution in [0.25, 0.3) is 0 Å². The van der Waals surface area contributed by atoms with Gasteiger partial charge >= 0.3 is 5.97 Å². The van der Waals surface area contributed by atoms with Gasteiger partial charge in [-0.3, -0.25) is 0 Å². The Bertz CT molecular complexity index is 675. The minimum Gasteiger partial charge on any atom is -0.462 e. The summed E-state index contributed by atoms with van der Waals surface area (Å²) in [5, 5.41) is 4.08. The summed E-state index contributed by atoms with van der Waals surface area (Å²) in [5.74, 6) is -0.400. The van der Waals surface area contributed by atoms with Gasteiger partial charge in [-0.05, 0) is 43.3 Å². The van der Waals surface area contributed by atoms with Gasteiger partial charge in [0.05, 0.1) is 34.3 Å². The van der Waals surface area contributed by atoms with Gasteiger partial charge in [0.15, 0.2) is 0 Å². The van der Waals surface area contributed by atoms with Crippen molar-refractivity contribution < 1.29 is 9.53 Å². The lowest BCUT2D eigenvalue weighted by molar-refractivity contribution is 0.0526. The lowest BCUT2D eigenvalue weighted by Gasteiger charge is -2.12. The zero-order chi connectivity index (χ0) is 15.4. The van der Waals surface area contributed by atoms with Crippen molar-refractivity contribution in [1.29, 1.82) is 0 Å². The number of hydrogen-bond donors (Lipinski definition) is 2. The molecule has 110 valence electrons. The quantitative estimate of drug-likeness (QED) is 0.642. The van der Waals surface area contributed by atoms with Crippen LogP contribution in [-0.4, -0.2) is 12.6 Å². The first-order valence-electron chi connectivity index (χ1n) is 6.30. The summed E-state index contributed by atoms with van der Waals surface area (Å²) in [6, 6.07) is 9.94. The van der Waals surface area contributed by atoms with Gasteiger partial charge in [-0.15, -0.1) is 0 Å². The fraction of sp³-hybridized carbons (Fsp3) is 0.133. The molecule has 0 radical (unpaired) electrons. The summed E-state index contributed by atoms with van der Waals surface area (Å²) in [6.07, 6.45) is 0. The maximum atomic E-state index is 11.7. The highest BCUT2D eigenvalue weighted by atomic mass is 35.5. The number of benzene rings is 2. The van der Waals surface area contributed by atoms with Gasteiger partial charge in [-0.25, -0.2) is 4.79 Å². The van der Waals surface area contributed by atoms with E-state index in [0.717, 1.165) is 0 Å². The smallest absolute Gasteiger partial charge is 0.338 e. The first-order chi connectivity index (χ1) is 10.0. The second-order valence-electron chi connectivity index (χ2n) is 4.27. The number of halogens is 2. The van der Waals surface area contributed by atoms with E-state index in [2.05, 4.69) is 5.32 Å². The molecule has 0 aliphatic heterocycles. The molecule has 2 rings (SSSR count). The summed E-state index contributed by atoms with van der Waals surface area (Å²) in [6.45, 7) is 2.07. The number of hydrogen-bond acceptors (Lipinski definition) is 4. The van der Waals surface area contributed by atoms with Crippen molar-refractivity contribution >= 4 is 46.2 Å². The molecule has 2 aromatic rings. The molecule has 2 aromatic carbocycles. The molecule has 6 heteroatoms. The predicted molar refractivity (Wildman–Crippen MR) is 86.6 cm³/mol. The highest BCUT2D eigenvalue weighted by Gasteiger charge is 2.10. The van der Waals surface area contributed by atoms with E-state index in [9.17, 15) is 4.79 Å². The Hall–Kier alpha value is -1.91. The molecule has 0 unspecified atom stereocenters. The van der Waals surface area contributed by atoms with E-state index in [1.54, 1.807) is 43.3 Å². The van der Waals surface area contributed by atoms with Crippen LogP contribution in [0.1, 0.15) is 17.3 Å². The third kappa shape index (κ3) is 3.80. The van der Waals surface area contributed by atoms with Crippen LogP contribution in [0.15, 0.2) is 36.4 Å². The normalized spacial score (nSPS) is 10.2. The monoisotopic (exact) mass is 324 g/mol. The maximum absolute atomic E-state index is 11.7. The summed E-state index contributed by atoms with van der Waals surface area (Å²) in [5.41, 5.74) is 8.04. The van der Waals surface area contributed by atoms with E-state index in [1.165, 1.54) is 0 Å². The molecule has 0 fully saturated rings. The van der Waals surface area contributed by atoms with Crippen molar-refractivity contribution in [3.63, 3.8) is 0 Å². The molecule has 0 spiro atoms. The summed E-state index contributed by atoms with van der Waals surface area (Å²) >= 11 is 12.0. The topological polar surface area (TPSA) is 64.3 Å². The number of nitrogens with one attached hydrogen (secondary N) is 1. The van der Waals surface area contributed by atoms with E-state index in [-0.39, 0.29) is 0 Å². The van der Waals surface area contributed by atoms with Gasteiger partial charge in [0.25, 0.3) is 0 Å². The van der Waals surface area contributed by atoms with Crippen LogP contribution < -0.4 is 11.1 Å².